The van der Waals surface area contributed by atoms with Crippen LogP contribution in [0.3, 0.4) is 0 Å². The first-order chi connectivity index (χ1) is 9.22. The van der Waals surface area contributed by atoms with Crippen LogP contribution in [-0.2, 0) is 4.79 Å². The van der Waals surface area contributed by atoms with Crippen LogP contribution in [0.2, 0.25) is 0 Å². The molecule has 0 aliphatic carbocycles. The molecule has 0 aliphatic rings. The van der Waals surface area contributed by atoms with Crippen LogP contribution in [0.15, 0.2) is 59.5 Å². The summed E-state index contributed by atoms with van der Waals surface area (Å²) in [6.07, 6.45) is 1.97. The number of aliphatic carboxylic acids is 1. The van der Waals surface area contributed by atoms with Crippen molar-refractivity contribution in [2.45, 2.75) is 10.9 Å². The fourth-order valence-corrected chi connectivity index (χ4v) is 2.41. The van der Waals surface area contributed by atoms with Gasteiger partial charge in [-0.2, -0.15) is 0 Å². The lowest BCUT2D eigenvalue weighted by molar-refractivity contribution is -0.138. The number of anilines is 1. The van der Waals surface area contributed by atoms with Gasteiger partial charge in [-0.05, 0) is 24.0 Å². The Balaban J connectivity index is 2.30. The Kier molecular flexibility index (Phi) is 4.47. The first-order valence-corrected chi connectivity index (χ1v) is 7.12. The van der Waals surface area contributed by atoms with Gasteiger partial charge >= 0.3 is 5.97 Å². The molecule has 0 saturated heterocycles. The van der Waals surface area contributed by atoms with Gasteiger partial charge in [-0.1, -0.05) is 42.5 Å². The van der Waals surface area contributed by atoms with Gasteiger partial charge in [0.05, 0.1) is 0 Å². The molecule has 1 unspecified atom stereocenters. The number of carboxylic acid groups (broad SMARTS) is 1. The summed E-state index contributed by atoms with van der Waals surface area (Å²) in [6.45, 7) is 0. The van der Waals surface area contributed by atoms with Gasteiger partial charge in [0.2, 0.25) is 0 Å². The van der Waals surface area contributed by atoms with E-state index in [1.54, 1.807) is 11.8 Å². The van der Waals surface area contributed by atoms with Gasteiger partial charge in [-0.25, -0.2) is 4.79 Å². The maximum atomic E-state index is 11.4. The number of benzene rings is 2. The minimum absolute atomic E-state index is 0.741. The fraction of sp³-hybridized carbons (Fsp3) is 0.133. The number of para-hydroxylation sites is 1. The van der Waals surface area contributed by atoms with E-state index in [1.807, 2.05) is 60.9 Å². The molecule has 2 aromatic carbocycles. The minimum atomic E-state index is -0.887. The highest BCUT2D eigenvalue weighted by molar-refractivity contribution is 7.98. The van der Waals surface area contributed by atoms with Gasteiger partial charge in [0.25, 0.3) is 0 Å². The van der Waals surface area contributed by atoms with Crippen LogP contribution < -0.4 is 5.32 Å². The standard InChI is InChI=1S/C15H15NO2S/c1-19-13-10-6-5-9-12(13)16-14(15(17)18)11-7-3-2-4-8-11/h2-10,14,16H,1H3,(H,17,18). The van der Waals surface area contributed by atoms with Crippen LogP contribution >= 0.6 is 11.8 Å². The van der Waals surface area contributed by atoms with E-state index in [1.165, 1.54) is 0 Å². The maximum absolute atomic E-state index is 11.4. The molecule has 2 rings (SSSR count). The van der Waals surface area contributed by atoms with Crippen LogP contribution in [0.5, 0.6) is 0 Å². The number of thioether (sulfide) groups is 1. The number of hydrogen-bond acceptors (Lipinski definition) is 3. The van der Waals surface area contributed by atoms with Crippen molar-refractivity contribution in [3.63, 3.8) is 0 Å². The molecule has 98 valence electrons. The molecule has 0 heterocycles. The first-order valence-electron chi connectivity index (χ1n) is 5.89. The average molecular weight is 273 g/mol. The van der Waals surface area contributed by atoms with Crippen LogP contribution in [0.1, 0.15) is 11.6 Å². The Hall–Kier alpha value is -1.94. The molecule has 0 radical (unpaired) electrons. The van der Waals surface area contributed by atoms with Crippen molar-refractivity contribution in [2.75, 3.05) is 11.6 Å². The molecular weight excluding hydrogens is 258 g/mol. The van der Waals surface area contributed by atoms with Crippen molar-refractivity contribution >= 4 is 23.4 Å². The van der Waals surface area contributed by atoms with Crippen molar-refractivity contribution < 1.29 is 9.90 Å². The molecule has 0 bridgehead atoms. The number of carbonyl (C=O) groups is 1. The second kappa shape index (κ2) is 6.29. The van der Waals surface area contributed by atoms with Crippen LogP contribution in [0.25, 0.3) is 0 Å². The topological polar surface area (TPSA) is 49.3 Å². The first kappa shape index (κ1) is 13.5. The predicted molar refractivity (Wildman–Crippen MR) is 78.7 cm³/mol. The molecular formula is C15H15NO2S. The Labute approximate surface area is 116 Å². The quantitative estimate of drug-likeness (QED) is 0.816. The Morgan fingerprint density at radius 1 is 1.11 bits per heavy atom. The Bertz CT molecular complexity index is 557. The van der Waals surface area contributed by atoms with Crippen molar-refractivity contribution in [2.24, 2.45) is 0 Å². The summed E-state index contributed by atoms with van der Waals surface area (Å²) in [5.74, 6) is -0.887. The zero-order valence-electron chi connectivity index (χ0n) is 10.5. The van der Waals surface area contributed by atoms with E-state index < -0.39 is 12.0 Å². The maximum Gasteiger partial charge on any atom is 0.330 e. The van der Waals surface area contributed by atoms with E-state index >= 15 is 0 Å². The normalized spacial score (nSPS) is 11.8. The summed E-state index contributed by atoms with van der Waals surface area (Å²) in [6, 6.07) is 16.1. The smallest absolute Gasteiger partial charge is 0.330 e. The van der Waals surface area contributed by atoms with Gasteiger partial charge in [-0.3, -0.25) is 0 Å². The number of rotatable bonds is 5. The van der Waals surface area contributed by atoms with Crippen LogP contribution in [-0.4, -0.2) is 17.3 Å². The second-order valence-electron chi connectivity index (χ2n) is 4.03. The highest BCUT2D eigenvalue weighted by Gasteiger charge is 2.20. The fourth-order valence-electron chi connectivity index (χ4n) is 1.85. The summed E-state index contributed by atoms with van der Waals surface area (Å²) < 4.78 is 0. The second-order valence-corrected chi connectivity index (χ2v) is 4.87. The molecule has 3 nitrogen and oxygen atoms in total. The van der Waals surface area contributed by atoms with Gasteiger partial charge in [0.15, 0.2) is 6.04 Å². The predicted octanol–water partition coefficient (Wildman–Crippen LogP) is 3.65. The molecule has 0 saturated carbocycles. The lowest BCUT2D eigenvalue weighted by atomic mass is 10.1. The van der Waals surface area contributed by atoms with E-state index in [4.69, 9.17) is 0 Å². The van der Waals surface area contributed by atoms with E-state index in [2.05, 4.69) is 5.32 Å². The zero-order valence-corrected chi connectivity index (χ0v) is 11.4. The van der Waals surface area contributed by atoms with Gasteiger partial charge in [0.1, 0.15) is 0 Å². The highest BCUT2D eigenvalue weighted by atomic mass is 32.2. The molecule has 0 aromatic heterocycles. The third-order valence-corrected chi connectivity index (χ3v) is 3.58. The number of nitrogens with one attached hydrogen (secondary N) is 1. The molecule has 0 aliphatic heterocycles. The highest BCUT2D eigenvalue weighted by Crippen LogP contribution is 2.28. The van der Waals surface area contributed by atoms with Crippen molar-refractivity contribution in [1.29, 1.82) is 0 Å². The summed E-state index contributed by atoms with van der Waals surface area (Å²) in [5.41, 5.74) is 1.58. The lowest BCUT2D eigenvalue weighted by Gasteiger charge is -2.18. The van der Waals surface area contributed by atoms with Gasteiger partial charge in [-0.15, -0.1) is 11.8 Å². The lowest BCUT2D eigenvalue weighted by Crippen LogP contribution is -2.20. The summed E-state index contributed by atoms with van der Waals surface area (Å²) >= 11 is 1.59. The van der Waals surface area contributed by atoms with Gasteiger partial charge in [0, 0.05) is 10.6 Å². The number of carboxylic acids is 1. The third kappa shape index (κ3) is 3.29. The molecule has 2 N–H and O–H groups in total. The van der Waals surface area contributed by atoms with Gasteiger partial charge < -0.3 is 10.4 Å². The molecule has 2 aromatic rings. The Morgan fingerprint density at radius 3 is 2.37 bits per heavy atom. The number of hydrogen-bond donors (Lipinski definition) is 2. The summed E-state index contributed by atoms with van der Waals surface area (Å²) in [7, 11) is 0. The van der Waals surface area contributed by atoms with Crippen LogP contribution in [0.4, 0.5) is 5.69 Å². The minimum Gasteiger partial charge on any atom is -0.479 e. The van der Waals surface area contributed by atoms with Crippen LogP contribution in [0, 0.1) is 0 Å². The molecule has 19 heavy (non-hydrogen) atoms. The van der Waals surface area contributed by atoms with Crippen molar-refractivity contribution in [3.05, 3.63) is 60.2 Å². The molecule has 0 fully saturated rings. The summed E-state index contributed by atoms with van der Waals surface area (Å²) in [4.78, 5) is 12.5. The third-order valence-electron chi connectivity index (χ3n) is 2.79. The molecule has 0 spiro atoms. The largest absolute Gasteiger partial charge is 0.479 e. The van der Waals surface area contributed by atoms with E-state index in [0.29, 0.717) is 0 Å². The Morgan fingerprint density at radius 2 is 1.74 bits per heavy atom. The van der Waals surface area contributed by atoms with E-state index in [9.17, 15) is 9.90 Å². The molecule has 0 amide bonds. The van der Waals surface area contributed by atoms with Crippen molar-refractivity contribution in [3.8, 4) is 0 Å². The SMILES string of the molecule is CSc1ccccc1NC(C(=O)O)c1ccccc1. The van der Waals surface area contributed by atoms with E-state index in [0.717, 1.165) is 16.1 Å². The monoisotopic (exact) mass is 273 g/mol. The zero-order chi connectivity index (χ0) is 13.7. The van der Waals surface area contributed by atoms with E-state index in [-0.39, 0.29) is 0 Å². The molecule has 1 atom stereocenters. The molecule has 4 heteroatoms. The summed E-state index contributed by atoms with van der Waals surface area (Å²) in [5, 5.41) is 12.5. The average Bonchev–Trinajstić information content (AvgIpc) is 2.45. The van der Waals surface area contributed by atoms with Crippen molar-refractivity contribution in [1.82, 2.24) is 0 Å².